The number of hydrogen-bond donors (Lipinski definition) is 1. The highest BCUT2D eigenvalue weighted by molar-refractivity contribution is 5.96. The Hall–Kier alpha value is -2.84. The Labute approximate surface area is 217 Å². The molecule has 196 valence electrons. The first-order valence-corrected chi connectivity index (χ1v) is 13.4. The molecule has 4 heterocycles. The average Bonchev–Trinajstić information content (AvgIpc) is 3.15. The first-order chi connectivity index (χ1) is 17.7. The summed E-state index contributed by atoms with van der Waals surface area (Å²) in [5, 5.41) is 9.47. The lowest BCUT2D eigenvalue weighted by Gasteiger charge is -2.43. The lowest BCUT2D eigenvalue weighted by molar-refractivity contribution is -0.117. The van der Waals surface area contributed by atoms with Crippen molar-refractivity contribution in [2.24, 2.45) is 18.9 Å². The van der Waals surface area contributed by atoms with Crippen LogP contribution in [0.3, 0.4) is 0 Å². The molecule has 1 saturated carbocycles. The van der Waals surface area contributed by atoms with Crippen molar-refractivity contribution in [3.05, 3.63) is 53.5 Å². The third kappa shape index (κ3) is 4.34. The largest absolute Gasteiger partial charge is 0.376 e. The van der Waals surface area contributed by atoms with Gasteiger partial charge in [-0.1, -0.05) is 13.0 Å². The standard InChI is InChI=1S/C29H36FN5O2/c1-17-9-21-12-31-25(33-28(36)27-18(2)26(27)22-13-32-34(4)14-22)11-20(21)10-23(17)19-5-7-35(8-6-19)29(3)16-37-15-24(29)30/h9-14,18-19,24,26-27H,5-8,15-16H2,1-4H3,(H,31,33,36). The van der Waals surface area contributed by atoms with Crippen LogP contribution in [0.2, 0.25) is 0 Å². The van der Waals surface area contributed by atoms with E-state index in [1.54, 1.807) is 4.68 Å². The van der Waals surface area contributed by atoms with Crippen molar-refractivity contribution >= 4 is 22.5 Å². The normalized spacial score (nSPS) is 30.6. The van der Waals surface area contributed by atoms with Gasteiger partial charge in [-0.05, 0) is 85.8 Å². The highest BCUT2D eigenvalue weighted by atomic mass is 19.1. The molecule has 3 fully saturated rings. The maximum Gasteiger partial charge on any atom is 0.229 e. The first kappa shape index (κ1) is 24.5. The zero-order valence-electron chi connectivity index (χ0n) is 22.1. The summed E-state index contributed by atoms with van der Waals surface area (Å²) in [5.41, 5.74) is 3.21. The number of ether oxygens (including phenoxy) is 1. The van der Waals surface area contributed by atoms with Crippen LogP contribution in [0.25, 0.3) is 10.8 Å². The van der Waals surface area contributed by atoms with Gasteiger partial charge in [-0.2, -0.15) is 5.10 Å². The number of hydrogen-bond acceptors (Lipinski definition) is 5. The number of nitrogens with zero attached hydrogens (tertiary/aromatic N) is 4. The van der Waals surface area contributed by atoms with Crippen LogP contribution in [-0.2, 0) is 16.6 Å². The van der Waals surface area contributed by atoms with Crippen LogP contribution in [-0.4, -0.2) is 63.6 Å². The Morgan fingerprint density at radius 3 is 2.65 bits per heavy atom. The van der Waals surface area contributed by atoms with E-state index in [9.17, 15) is 9.18 Å². The summed E-state index contributed by atoms with van der Waals surface area (Å²) in [4.78, 5) is 19.9. The molecular weight excluding hydrogens is 469 g/mol. The number of benzene rings is 1. The highest BCUT2D eigenvalue weighted by Crippen LogP contribution is 2.54. The first-order valence-electron chi connectivity index (χ1n) is 13.4. The number of carbonyl (C=O) groups excluding carboxylic acids is 1. The molecule has 6 rings (SSSR count). The number of amides is 1. The second-order valence-corrected chi connectivity index (χ2v) is 11.6. The summed E-state index contributed by atoms with van der Waals surface area (Å²) >= 11 is 0. The molecule has 0 spiro atoms. The monoisotopic (exact) mass is 505 g/mol. The Kier molecular flexibility index (Phi) is 6.07. The van der Waals surface area contributed by atoms with Crippen LogP contribution >= 0.6 is 0 Å². The molecule has 8 heteroatoms. The van der Waals surface area contributed by atoms with Gasteiger partial charge in [0.2, 0.25) is 5.91 Å². The predicted molar refractivity (Wildman–Crippen MR) is 141 cm³/mol. The van der Waals surface area contributed by atoms with Gasteiger partial charge in [-0.3, -0.25) is 14.4 Å². The van der Waals surface area contributed by atoms with Crippen molar-refractivity contribution in [3.63, 3.8) is 0 Å². The zero-order chi connectivity index (χ0) is 25.9. The van der Waals surface area contributed by atoms with Gasteiger partial charge in [0, 0.05) is 36.7 Å². The molecular formula is C29H36FN5O2. The van der Waals surface area contributed by atoms with Crippen LogP contribution in [0.15, 0.2) is 36.8 Å². The molecule has 5 unspecified atom stereocenters. The van der Waals surface area contributed by atoms with Crippen LogP contribution in [0, 0.1) is 18.8 Å². The smallest absolute Gasteiger partial charge is 0.229 e. The molecule has 5 atom stereocenters. The number of halogens is 1. The third-order valence-corrected chi connectivity index (χ3v) is 9.14. The number of fused-ring (bicyclic) bond motifs is 1. The molecule has 37 heavy (non-hydrogen) atoms. The van der Waals surface area contributed by atoms with Crippen LogP contribution in [0.4, 0.5) is 10.2 Å². The number of likely N-dealkylation sites (tertiary alicyclic amines) is 1. The predicted octanol–water partition coefficient (Wildman–Crippen LogP) is 4.57. The molecule has 1 N–H and O–H groups in total. The number of rotatable bonds is 5. The van der Waals surface area contributed by atoms with E-state index in [1.807, 2.05) is 38.6 Å². The number of anilines is 1. The van der Waals surface area contributed by atoms with Crippen molar-refractivity contribution in [2.45, 2.75) is 57.2 Å². The van der Waals surface area contributed by atoms with Gasteiger partial charge in [-0.25, -0.2) is 9.37 Å². The van der Waals surface area contributed by atoms with Gasteiger partial charge in [0.25, 0.3) is 0 Å². The maximum absolute atomic E-state index is 14.5. The van der Waals surface area contributed by atoms with Crippen LogP contribution < -0.4 is 5.32 Å². The van der Waals surface area contributed by atoms with Crippen molar-refractivity contribution in [1.82, 2.24) is 19.7 Å². The number of alkyl halides is 1. The van der Waals surface area contributed by atoms with Crippen LogP contribution in [0.5, 0.6) is 0 Å². The zero-order valence-corrected chi connectivity index (χ0v) is 22.1. The molecule has 0 radical (unpaired) electrons. The molecule has 1 amide bonds. The average molecular weight is 506 g/mol. The molecule has 3 aromatic rings. The lowest BCUT2D eigenvalue weighted by Crippen LogP contribution is -2.55. The summed E-state index contributed by atoms with van der Waals surface area (Å²) in [5.74, 6) is 1.48. The van der Waals surface area contributed by atoms with E-state index >= 15 is 0 Å². The Morgan fingerprint density at radius 1 is 1.19 bits per heavy atom. The molecule has 3 aliphatic rings. The number of nitrogens with one attached hydrogen (secondary N) is 1. The lowest BCUT2D eigenvalue weighted by atomic mass is 9.83. The van der Waals surface area contributed by atoms with E-state index in [1.165, 1.54) is 11.1 Å². The minimum atomic E-state index is -0.925. The maximum atomic E-state index is 14.5. The van der Waals surface area contributed by atoms with Gasteiger partial charge in [0.1, 0.15) is 12.0 Å². The third-order valence-electron chi connectivity index (χ3n) is 9.14. The second kappa shape index (κ2) is 9.17. The molecule has 1 aromatic carbocycles. The second-order valence-electron chi connectivity index (χ2n) is 11.6. The van der Waals surface area contributed by atoms with E-state index < -0.39 is 11.7 Å². The number of carbonyl (C=O) groups is 1. The summed E-state index contributed by atoms with van der Waals surface area (Å²) in [6.45, 7) is 8.69. The topological polar surface area (TPSA) is 72.3 Å². The number of aromatic nitrogens is 3. The Morgan fingerprint density at radius 2 is 1.97 bits per heavy atom. The number of piperidine rings is 1. The van der Waals surface area contributed by atoms with Gasteiger partial charge < -0.3 is 10.1 Å². The Balaban J connectivity index is 1.16. The van der Waals surface area contributed by atoms with E-state index in [0.29, 0.717) is 18.3 Å². The van der Waals surface area contributed by atoms with Crippen molar-refractivity contribution in [1.29, 1.82) is 0 Å². The van der Waals surface area contributed by atoms with Crippen molar-refractivity contribution < 1.29 is 13.9 Å². The summed E-state index contributed by atoms with van der Waals surface area (Å²) < 4.78 is 21.7. The van der Waals surface area contributed by atoms with E-state index in [0.717, 1.165) is 42.3 Å². The molecule has 2 aromatic heterocycles. The molecule has 1 aliphatic carbocycles. The fraction of sp³-hybridized carbons (Fsp3) is 0.552. The summed E-state index contributed by atoms with van der Waals surface area (Å²) in [6, 6.07) is 6.45. The van der Waals surface area contributed by atoms with E-state index in [-0.39, 0.29) is 30.3 Å². The minimum Gasteiger partial charge on any atom is -0.376 e. The van der Waals surface area contributed by atoms with Crippen molar-refractivity contribution in [3.8, 4) is 0 Å². The van der Waals surface area contributed by atoms with Gasteiger partial charge >= 0.3 is 0 Å². The van der Waals surface area contributed by atoms with Gasteiger partial charge in [-0.15, -0.1) is 0 Å². The summed E-state index contributed by atoms with van der Waals surface area (Å²) in [6.07, 6.45) is 6.77. The van der Waals surface area contributed by atoms with Gasteiger partial charge in [0.15, 0.2) is 0 Å². The summed E-state index contributed by atoms with van der Waals surface area (Å²) in [7, 11) is 1.90. The highest BCUT2D eigenvalue weighted by Gasteiger charge is 2.53. The molecule has 0 bridgehead atoms. The SMILES string of the molecule is Cc1cc2cnc(NC(=O)C3C(C)C3c3cnn(C)c3)cc2cc1C1CCN(C2(C)COCC2F)CC1. The minimum absolute atomic E-state index is 0.0171. The number of aryl methyl sites for hydroxylation is 2. The Bertz CT molecular complexity index is 1330. The van der Waals surface area contributed by atoms with Crippen LogP contribution in [0.1, 0.15) is 55.2 Å². The van der Waals surface area contributed by atoms with E-state index in [4.69, 9.17) is 4.74 Å². The van der Waals surface area contributed by atoms with E-state index in [2.05, 4.69) is 46.3 Å². The van der Waals surface area contributed by atoms with Gasteiger partial charge in [0.05, 0.1) is 24.9 Å². The quantitative estimate of drug-likeness (QED) is 0.550. The molecule has 2 aliphatic heterocycles. The molecule has 2 saturated heterocycles. The van der Waals surface area contributed by atoms with Crippen molar-refractivity contribution in [2.75, 3.05) is 31.6 Å². The fourth-order valence-corrected chi connectivity index (χ4v) is 6.66. The molecule has 7 nitrogen and oxygen atoms in total. The number of pyridine rings is 1. The fourth-order valence-electron chi connectivity index (χ4n) is 6.66.